The average Bonchev–Trinajstić information content (AvgIpc) is 3.20. The summed E-state index contributed by atoms with van der Waals surface area (Å²) in [7, 11) is 0. The first-order valence-electron chi connectivity index (χ1n) is 7.49. The minimum absolute atomic E-state index is 0.148. The fourth-order valence-corrected chi connectivity index (χ4v) is 2.96. The Morgan fingerprint density at radius 2 is 2.30 bits per heavy atom. The molecule has 1 aliphatic carbocycles. The van der Waals surface area contributed by atoms with Crippen molar-refractivity contribution in [2.45, 2.75) is 51.1 Å². The van der Waals surface area contributed by atoms with Crippen molar-refractivity contribution in [3.05, 3.63) is 30.1 Å². The molecule has 2 heterocycles. The minimum Gasteiger partial charge on any atom is -0.307 e. The van der Waals surface area contributed by atoms with Crippen LogP contribution >= 0.6 is 0 Å². The van der Waals surface area contributed by atoms with E-state index in [0.717, 1.165) is 24.5 Å². The summed E-state index contributed by atoms with van der Waals surface area (Å²) in [6, 6.07) is 2.88. The normalized spacial score (nSPS) is 17.6. The zero-order valence-corrected chi connectivity index (χ0v) is 11.9. The van der Waals surface area contributed by atoms with Crippen molar-refractivity contribution < 1.29 is 0 Å². The second kappa shape index (κ2) is 6.17. The van der Waals surface area contributed by atoms with Gasteiger partial charge in [0.2, 0.25) is 0 Å². The van der Waals surface area contributed by atoms with E-state index in [1.165, 1.54) is 25.7 Å². The van der Waals surface area contributed by atoms with Gasteiger partial charge in [0.15, 0.2) is 0 Å². The summed E-state index contributed by atoms with van der Waals surface area (Å²) < 4.78 is 2.14. The number of aromatic nitrogens is 5. The van der Waals surface area contributed by atoms with Gasteiger partial charge >= 0.3 is 0 Å². The Bertz CT molecular complexity index is 512. The molecule has 0 radical (unpaired) electrons. The highest BCUT2D eigenvalue weighted by Gasteiger charge is 2.19. The SMILES string of the molecule is CCNC(Cc1ccn(C2CCCC2)n1)c1ncn[nH]1. The Balaban J connectivity index is 1.69. The van der Waals surface area contributed by atoms with E-state index < -0.39 is 0 Å². The molecule has 0 spiro atoms. The van der Waals surface area contributed by atoms with Gasteiger partial charge in [0.05, 0.1) is 17.8 Å². The molecule has 1 atom stereocenters. The molecule has 1 unspecified atom stereocenters. The van der Waals surface area contributed by atoms with Gasteiger partial charge in [-0.25, -0.2) is 4.98 Å². The van der Waals surface area contributed by atoms with Crippen molar-refractivity contribution in [2.75, 3.05) is 6.54 Å². The van der Waals surface area contributed by atoms with Crippen molar-refractivity contribution in [1.29, 1.82) is 0 Å². The van der Waals surface area contributed by atoms with Crippen LogP contribution in [0, 0.1) is 0 Å². The van der Waals surface area contributed by atoms with Crippen molar-refractivity contribution in [3.63, 3.8) is 0 Å². The molecule has 0 saturated heterocycles. The number of aromatic amines is 1. The lowest BCUT2D eigenvalue weighted by Gasteiger charge is -2.14. The zero-order valence-electron chi connectivity index (χ0n) is 11.9. The van der Waals surface area contributed by atoms with Gasteiger partial charge in [-0.1, -0.05) is 19.8 Å². The smallest absolute Gasteiger partial charge is 0.141 e. The lowest BCUT2D eigenvalue weighted by Crippen LogP contribution is -2.24. The van der Waals surface area contributed by atoms with Crippen molar-refractivity contribution in [2.24, 2.45) is 0 Å². The Labute approximate surface area is 119 Å². The maximum Gasteiger partial charge on any atom is 0.141 e. The van der Waals surface area contributed by atoms with Crippen LogP contribution in [0.1, 0.15) is 56.2 Å². The largest absolute Gasteiger partial charge is 0.307 e. The first-order chi connectivity index (χ1) is 9.86. The average molecular weight is 274 g/mol. The van der Waals surface area contributed by atoms with E-state index in [1.54, 1.807) is 6.33 Å². The maximum atomic E-state index is 4.74. The van der Waals surface area contributed by atoms with E-state index in [0.29, 0.717) is 6.04 Å². The van der Waals surface area contributed by atoms with Gasteiger partial charge in [0.1, 0.15) is 12.2 Å². The number of rotatable bonds is 6. The van der Waals surface area contributed by atoms with Gasteiger partial charge in [-0.2, -0.15) is 10.2 Å². The number of hydrogen-bond acceptors (Lipinski definition) is 4. The molecule has 3 rings (SSSR count). The minimum atomic E-state index is 0.148. The van der Waals surface area contributed by atoms with Crippen LogP contribution < -0.4 is 5.32 Å². The summed E-state index contributed by atoms with van der Waals surface area (Å²) in [6.07, 6.45) is 9.70. The lowest BCUT2D eigenvalue weighted by molar-refractivity contribution is 0.455. The molecular weight excluding hydrogens is 252 g/mol. The van der Waals surface area contributed by atoms with E-state index >= 15 is 0 Å². The second-order valence-corrected chi connectivity index (χ2v) is 5.41. The Hall–Kier alpha value is -1.69. The highest BCUT2D eigenvalue weighted by atomic mass is 15.3. The molecule has 2 N–H and O–H groups in total. The zero-order chi connectivity index (χ0) is 13.8. The molecule has 0 aromatic carbocycles. The second-order valence-electron chi connectivity index (χ2n) is 5.41. The molecule has 20 heavy (non-hydrogen) atoms. The Morgan fingerprint density at radius 3 is 3.00 bits per heavy atom. The highest BCUT2D eigenvalue weighted by Crippen LogP contribution is 2.29. The molecule has 2 aromatic heterocycles. The van der Waals surface area contributed by atoms with Crippen molar-refractivity contribution in [1.82, 2.24) is 30.3 Å². The fourth-order valence-electron chi connectivity index (χ4n) is 2.96. The molecule has 1 aliphatic rings. The van der Waals surface area contributed by atoms with E-state index in [1.807, 2.05) is 0 Å². The number of nitrogens with one attached hydrogen (secondary N) is 2. The van der Waals surface area contributed by atoms with E-state index in [4.69, 9.17) is 5.10 Å². The van der Waals surface area contributed by atoms with Crippen LogP contribution in [0.4, 0.5) is 0 Å². The number of nitrogens with zero attached hydrogens (tertiary/aromatic N) is 4. The molecule has 108 valence electrons. The Morgan fingerprint density at radius 1 is 1.45 bits per heavy atom. The van der Waals surface area contributed by atoms with Gasteiger partial charge in [-0.15, -0.1) is 0 Å². The molecule has 0 amide bonds. The maximum absolute atomic E-state index is 4.74. The monoisotopic (exact) mass is 274 g/mol. The molecule has 6 nitrogen and oxygen atoms in total. The highest BCUT2D eigenvalue weighted by molar-refractivity contribution is 5.06. The van der Waals surface area contributed by atoms with E-state index in [-0.39, 0.29) is 6.04 Å². The predicted molar refractivity (Wildman–Crippen MR) is 76.2 cm³/mol. The summed E-state index contributed by atoms with van der Waals surface area (Å²) >= 11 is 0. The molecular formula is C14H22N6. The summed E-state index contributed by atoms with van der Waals surface area (Å²) in [5, 5.41) is 15.0. The van der Waals surface area contributed by atoms with Crippen LogP contribution in [-0.4, -0.2) is 31.5 Å². The molecule has 6 heteroatoms. The van der Waals surface area contributed by atoms with E-state index in [9.17, 15) is 0 Å². The topological polar surface area (TPSA) is 71.4 Å². The van der Waals surface area contributed by atoms with Crippen LogP contribution in [0.15, 0.2) is 18.6 Å². The summed E-state index contributed by atoms with van der Waals surface area (Å²) in [6.45, 7) is 3.00. The molecule has 0 aliphatic heterocycles. The van der Waals surface area contributed by atoms with Crippen LogP contribution in [0.2, 0.25) is 0 Å². The lowest BCUT2D eigenvalue weighted by atomic mass is 10.1. The molecule has 1 saturated carbocycles. The first kappa shape index (κ1) is 13.3. The third kappa shape index (κ3) is 2.90. The summed E-state index contributed by atoms with van der Waals surface area (Å²) in [5.74, 6) is 0.877. The van der Waals surface area contributed by atoms with Crippen LogP contribution in [0.3, 0.4) is 0 Å². The van der Waals surface area contributed by atoms with Crippen molar-refractivity contribution >= 4 is 0 Å². The molecule has 0 bridgehead atoms. The summed E-state index contributed by atoms with van der Waals surface area (Å²) in [4.78, 5) is 4.25. The number of hydrogen-bond donors (Lipinski definition) is 2. The van der Waals surface area contributed by atoms with Crippen molar-refractivity contribution in [3.8, 4) is 0 Å². The van der Waals surface area contributed by atoms with Gasteiger partial charge in [0.25, 0.3) is 0 Å². The molecule has 1 fully saturated rings. The van der Waals surface area contributed by atoms with Gasteiger partial charge < -0.3 is 5.32 Å². The molecule has 2 aromatic rings. The predicted octanol–water partition coefficient (Wildman–Crippen LogP) is 2.01. The summed E-state index contributed by atoms with van der Waals surface area (Å²) in [5.41, 5.74) is 1.11. The van der Waals surface area contributed by atoms with Crippen LogP contribution in [-0.2, 0) is 6.42 Å². The third-order valence-corrected chi connectivity index (χ3v) is 3.99. The van der Waals surface area contributed by atoms with E-state index in [2.05, 4.69) is 44.4 Å². The fraction of sp³-hybridized carbons (Fsp3) is 0.643. The number of likely N-dealkylation sites (N-methyl/N-ethyl adjacent to an activating group) is 1. The third-order valence-electron chi connectivity index (χ3n) is 3.99. The van der Waals surface area contributed by atoms with Crippen LogP contribution in [0.25, 0.3) is 0 Å². The quantitative estimate of drug-likeness (QED) is 0.845. The van der Waals surface area contributed by atoms with Crippen LogP contribution in [0.5, 0.6) is 0 Å². The standard InChI is InChI=1S/C14H22N6/c1-2-15-13(14-16-10-17-18-14)9-11-7-8-20(19-11)12-5-3-4-6-12/h7-8,10,12-13,15H,2-6,9H2,1H3,(H,16,17,18). The van der Waals surface area contributed by atoms with Gasteiger partial charge in [0, 0.05) is 12.6 Å². The number of H-pyrrole nitrogens is 1. The van der Waals surface area contributed by atoms with Gasteiger partial charge in [-0.3, -0.25) is 9.78 Å². The first-order valence-corrected chi connectivity index (χ1v) is 7.49. The van der Waals surface area contributed by atoms with Gasteiger partial charge in [-0.05, 0) is 25.5 Å². The Kier molecular flexibility index (Phi) is 4.11.